The van der Waals surface area contributed by atoms with Crippen molar-refractivity contribution in [3.63, 3.8) is 0 Å². The molecule has 1 saturated carbocycles. The molecule has 1 aliphatic carbocycles. The molecular formula is C24H34N6O5. The number of anilines is 1. The molecular weight excluding hydrogens is 452 g/mol. The number of imidazole rings is 1. The number of fused-ring (bicyclic) bond motifs is 1. The SMILES string of the molecule is CCNC(=O)[C@H]1O[C@@H](n2cnc3c(N)nc(C#CC4(O)CCC(C(C)(C)C)CC4)nc32)[C@@H](O)[C@H]1O. The van der Waals surface area contributed by atoms with Crippen LogP contribution in [0.5, 0.6) is 0 Å². The van der Waals surface area contributed by atoms with Gasteiger partial charge in [-0.1, -0.05) is 26.7 Å². The summed E-state index contributed by atoms with van der Waals surface area (Å²) in [6.07, 6.45) is -0.931. The Bertz CT molecular complexity index is 1150. The first-order valence-corrected chi connectivity index (χ1v) is 12.0. The van der Waals surface area contributed by atoms with Crippen LogP contribution in [0.4, 0.5) is 5.82 Å². The van der Waals surface area contributed by atoms with E-state index in [4.69, 9.17) is 10.5 Å². The molecule has 0 aromatic carbocycles. The predicted molar refractivity (Wildman–Crippen MR) is 128 cm³/mol. The first-order valence-electron chi connectivity index (χ1n) is 12.0. The molecule has 2 fully saturated rings. The van der Waals surface area contributed by atoms with Gasteiger partial charge >= 0.3 is 0 Å². The molecule has 11 nitrogen and oxygen atoms in total. The number of ether oxygens (including phenoxy) is 1. The second-order valence-electron chi connectivity index (χ2n) is 10.5. The maximum absolute atomic E-state index is 12.2. The van der Waals surface area contributed by atoms with Crippen LogP contribution in [0, 0.1) is 23.2 Å². The molecule has 1 amide bonds. The van der Waals surface area contributed by atoms with Crippen LogP contribution in [0.3, 0.4) is 0 Å². The number of aliphatic hydroxyl groups is 3. The quantitative estimate of drug-likeness (QED) is 0.387. The largest absolute Gasteiger partial charge is 0.387 e. The number of likely N-dealkylation sites (N-methyl/N-ethyl adjacent to an activating group) is 1. The molecule has 1 aliphatic heterocycles. The van der Waals surface area contributed by atoms with E-state index in [1.165, 1.54) is 10.9 Å². The number of aliphatic hydroxyl groups excluding tert-OH is 2. The number of carbonyl (C=O) groups is 1. The highest BCUT2D eigenvalue weighted by molar-refractivity contribution is 5.83. The van der Waals surface area contributed by atoms with Crippen molar-refractivity contribution in [1.29, 1.82) is 0 Å². The first kappa shape index (κ1) is 25.3. The van der Waals surface area contributed by atoms with Crippen molar-refractivity contribution in [3.8, 4) is 11.8 Å². The van der Waals surface area contributed by atoms with E-state index in [1.807, 2.05) is 0 Å². The Morgan fingerprint density at radius 3 is 2.60 bits per heavy atom. The fourth-order valence-electron chi connectivity index (χ4n) is 4.82. The van der Waals surface area contributed by atoms with Gasteiger partial charge in [0.1, 0.15) is 23.3 Å². The highest BCUT2D eigenvalue weighted by Crippen LogP contribution is 2.41. The minimum atomic E-state index is -1.43. The molecule has 0 spiro atoms. The third kappa shape index (κ3) is 4.97. The Labute approximate surface area is 204 Å². The van der Waals surface area contributed by atoms with Gasteiger partial charge in [0.15, 0.2) is 23.8 Å². The van der Waals surface area contributed by atoms with Gasteiger partial charge in [-0.15, -0.1) is 0 Å². The molecule has 0 bridgehead atoms. The van der Waals surface area contributed by atoms with E-state index in [-0.39, 0.29) is 28.2 Å². The Morgan fingerprint density at radius 1 is 1.29 bits per heavy atom. The lowest BCUT2D eigenvalue weighted by Gasteiger charge is -2.39. The Balaban J connectivity index is 1.59. The summed E-state index contributed by atoms with van der Waals surface area (Å²) in [7, 11) is 0. The van der Waals surface area contributed by atoms with Crippen molar-refractivity contribution in [2.24, 2.45) is 11.3 Å². The fraction of sp³-hybridized carbons (Fsp3) is 0.667. The van der Waals surface area contributed by atoms with Crippen LogP contribution in [0.2, 0.25) is 0 Å². The predicted octanol–water partition coefficient (Wildman–Crippen LogP) is 0.483. The van der Waals surface area contributed by atoms with E-state index < -0.39 is 36.0 Å². The van der Waals surface area contributed by atoms with Gasteiger partial charge in [-0.05, 0) is 49.9 Å². The zero-order chi connectivity index (χ0) is 25.5. The summed E-state index contributed by atoms with van der Waals surface area (Å²) in [4.78, 5) is 25.0. The fourth-order valence-corrected chi connectivity index (χ4v) is 4.82. The number of nitrogens with zero attached hydrogens (tertiary/aromatic N) is 4. The lowest BCUT2D eigenvalue weighted by atomic mass is 9.68. The molecule has 190 valence electrons. The molecule has 3 heterocycles. The van der Waals surface area contributed by atoms with Crippen LogP contribution in [-0.4, -0.2) is 71.2 Å². The molecule has 1 saturated heterocycles. The molecule has 0 radical (unpaired) electrons. The van der Waals surface area contributed by atoms with Gasteiger partial charge < -0.3 is 31.1 Å². The smallest absolute Gasteiger partial charge is 0.252 e. The van der Waals surface area contributed by atoms with Gasteiger partial charge in [0, 0.05) is 6.54 Å². The molecule has 2 aromatic heterocycles. The third-order valence-corrected chi connectivity index (χ3v) is 7.01. The number of rotatable bonds is 3. The average Bonchev–Trinajstić information content (AvgIpc) is 3.34. The standard InChI is InChI=1S/C24H34N6O5/c1-5-26-21(33)18-16(31)17(32)22(35-18)30-12-27-15-19(25)28-14(29-20(15)30)8-11-24(34)9-6-13(7-10-24)23(2,3)4/h12-13,16-18,22,31-32,34H,5-7,9-10H2,1-4H3,(H,26,33)(H2,25,28,29)/t13?,16-,17+,18+,22-,24?/m1/s1. The number of nitrogen functional groups attached to an aromatic ring is 1. The van der Waals surface area contributed by atoms with Crippen LogP contribution in [0.1, 0.15) is 65.4 Å². The van der Waals surface area contributed by atoms with Gasteiger partial charge in [-0.2, -0.15) is 0 Å². The average molecular weight is 487 g/mol. The van der Waals surface area contributed by atoms with Gasteiger partial charge in [-0.25, -0.2) is 15.0 Å². The van der Waals surface area contributed by atoms with Gasteiger partial charge in [0.25, 0.3) is 5.91 Å². The number of hydrogen-bond donors (Lipinski definition) is 5. The first-order chi connectivity index (χ1) is 16.4. The molecule has 4 rings (SSSR count). The van der Waals surface area contributed by atoms with Crippen LogP contribution < -0.4 is 11.1 Å². The number of amides is 1. The van der Waals surface area contributed by atoms with Crippen molar-refractivity contribution in [2.45, 2.75) is 83.5 Å². The summed E-state index contributed by atoms with van der Waals surface area (Å²) in [5.41, 5.74) is 5.65. The van der Waals surface area contributed by atoms with Crippen LogP contribution in [-0.2, 0) is 9.53 Å². The maximum atomic E-state index is 12.2. The van der Waals surface area contributed by atoms with Crippen molar-refractivity contribution in [2.75, 3.05) is 12.3 Å². The molecule has 4 atom stereocenters. The third-order valence-electron chi connectivity index (χ3n) is 7.01. The Kier molecular flexibility index (Phi) is 6.76. The Hall–Kier alpha value is -2.78. The topological polar surface area (TPSA) is 169 Å². The lowest BCUT2D eigenvalue weighted by molar-refractivity contribution is -0.137. The minimum absolute atomic E-state index is 0.0785. The molecule has 11 heteroatoms. The van der Waals surface area contributed by atoms with Crippen LogP contribution in [0.25, 0.3) is 11.2 Å². The lowest BCUT2D eigenvalue weighted by Crippen LogP contribution is -2.42. The maximum Gasteiger partial charge on any atom is 0.252 e. The van der Waals surface area contributed by atoms with Crippen molar-refractivity contribution in [3.05, 3.63) is 12.2 Å². The Morgan fingerprint density at radius 2 is 1.97 bits per heavy atom. The zero-order valence-electron chi connectivity index (χ0n) is 20.5. The van der Waals surface area contributed by atoms with Crippen molar-refractivity contribution >= 4 is 22.9 Å². The number of carbonyl (C=O) groups excluding carboxylic acids is 1. The number of nitrogens with one attached hydrogen (secondary N) is 1. The number of aromatic nitrogens is 4. The van der Waals surface area contributed by atoms with Gasteiger partial charge in [0.2, 0.25) is 5.82 Å². The summed E-state index contributed by atoms with van der Waals surface area (Å²) in [5.74, 6) is 5.96. The van der Waals surface area contributed by atoms with Crippen LogP contribution >= 0.6 is 0 Å². The zero-order valence-corrected chi connectivity index (χ0v) is 20.5. The van der Waals surface area contributed by atoms with E-state index in [2.05, 4.69) is 52.9 Å². The highest BCUT2D eigenvalue weighted by Gasteiger charge is 2.47. The monoisotopic (exact) mass is 486 g/mol. The van der Waals surface area contributed by atoms with E-state index in [1.54, 1.807) is 6.92 Å². The summed E-state index contributed by atoms with van der Waals surface area (Å²) in [6, 6.07) is 0. The second-order valence-corrected chi connectivity index (χ2v) is 10.5. The molecule has 2 aliphatic rings. The summed E-state index contributed by atoms with van der Waals surface area (Å²) in [6.45, 7) is 8.74. The van der Waals surface area contributed by atoms with Gasteiger partial charge in [-0.3, -0.25) is 9.36 Å². The number of hydrogen-bond acceptors (Lipinski definition) is 9. The van der Waals surface area contributed by atoms with Crippen molar-refractivity contribution < 1.29 is 24.9 Å². The van der Waals surface area contributed by atoms with Gasteiger partial charge in [0.05, 0.1) is 6.33 Å². The highest BCUT2D eigenvalue weighted by atomic mass is 16.6. The second kappa shape index (κ2) is 9.35. The normalized spacial score (nSPS) is 31.2. The van der Waals surface area contributed by atoms with E-state index in [0.717, 1.165) is 12.8 Å². The van der Waals surface area contributed by atoms with E-state index in [9.17, 15) is 20.1 Å². The molecule has 6 N–H and O–H groups in total. The molecule has 35 heavy (non-hydrogen) atoms. The van der Waals surface area contributed by atoms with E-state index >= 15 is 0 Å². The molecule has 2 aromatic rings. The van der Waals surface area contributed by atoms with E-state index in [0.29, 0.717) is 25.3 Å². The van der Waals surface area contributed by atoms with Crippen molar-refractivity contribution in [1.82, 2.24) is 24.8 Å². The summed E-state index contributed by atoms with van der Waals surface area (Å²) < 4.78 is 7.07. The minimum Gasteiger partial charge on any atom is -0.387 e. The summed E-state index contributed by atoms with van der Waals surface area (Å²) >= 11 is 0. The number of nitrogens with two attached hydrogens (primary N) is 1. The molecule has 0 unspecified atom stereocenters. The summed E-state index contributed by atoms with van der Waals surface area (Å²) in [5, 5.41) is 34.5. The van der Waals surface area contributed by atoms with Crippen LogP contribution in [0.15, 0.2) is 6.33 Å².